The van der Waals surface area contributed by atoms with Crippen LogP contribution in [0.4, 0.5) is 18.9 Å². The molecule has 0 spiro atoms. The van der Waals surface area contributed by atoms with Gasteiger partial charge >= 0.3 is 6.18 Å². The van der Waals surface area contributed by atoms with E-state index >= 15 is 0 Å². The van der Waals surface area contributed by atoms with Crippen LogP contribution in [0.2, 0.25) is 0 Å². The molecule has 0 saturated carbocycles. The fraction of sp³-hybridized carbons (Fsp3) is 0.250. The van der Waals surface area contributed by atoms with Crippen molar-refractivity contribution in [2.24, 2.45) is 5.73 Å². The summed E-state index contributed by atoms with van der Waals surface area (Å²) in [5, 5.41) is 0. The minimum absolute atomic E-state index is 0.0155. The molecule has 0 fully saturated rings. The lowest BCUT2D eigenvalue weighted by Crippen LogP contribution is -2.28. The van der Waals surface area contributed by atoms with E-state index in [0.717, 1.165) is 0 Å². The second-order valence-corrected chi connectivity index (χ2v) is 2.69. The van der Waals surface area contributed by atoms with Crippen LogP contribution in [0.5, 0.6) is 0 Å². The number of hydrogen-bond acceptors (Lipinski definition) is 2. The second-order valence-electron chi connectivity index (χ2n) is 2.69. The maximum Gasteiger partial charge on any atom is 0.407 e. The third-order valence-electron chi connectivity index (χ3n) is 1.65. The van der Waals surface area contributed by atoms with E-state index < -0.39 is 12.2 Å². The van der Waals surface area contributed by atoms with Crippen LogP contribution < -0.4 is 11.5 Å². The molecule has 0 unspecified atom stereocenters. The van der Waals surface area contributed by atoms with E-state index in [4.69, 9.17) is 11.5 Å². The highest BCUT2D eigenvalue weighted by Gasteiger charge is 2.37. The van der Waals surface area contributed by atoms with Gasteiger partial charge in [0.2, 0.25) is 0 Å². The van der Waals surface area contributed by atoms with E-state index in [1.165, 1.54) is 24.3 Å². The molecule has 0 aliphatic heterocycles. The first kappa shape index (κ1) is 9.85. The summed E-state index contributed by atoms with van der Waals surface area (Å²) < 4.78 is 36.2. The number of hydrogen-bond donors (Lipinski definition) is 2. The molecule has 1 aromatic carbocycles. The topological polar surface area (TPSA) is 52.0 Å². The summed E-state index contributed by atoms with van der Waals surface area (Å²) in [6, 6.07) is 3.39. The van der Waals surface area contributed by atoms with Crippen molar-refractivity contribution < 1.29 is 13.2 Å². The summed E-state index contributed by atoms with van der Waals surface area (Å²) in [5.74, 6) is 0. The zero-order chi connectivity index (χ0) is 10.1. The first-order valence-corrected chi connectivity index (χ1v) is 3.59. The van der Waals surface area contributed by atoms with Crippen LogP contribution in [0, 0.1) is 0 Å². The fourth-order valence-electron chi connectivity index (χ4n) is 0.892. The lowest BCUT2D eigenvalue weighted by atomic mass is 10.1. The van der Waals surface area contributed by atoms with E-state index in [1.54, 1.807) is 0 Å². The molecular formula is C8H9F3N2. The van der Waals surface area contributed by atoms with Gasteiger partial charge in [0.25, 0.3) is 0 Å². The normalized spacial score (nSPS) is 14.2. The molecular weight excluding hydrogens is 181 g/mol. The van der Waals surface area contributed by atoms with Gasteiger partial charge in [0.1, 0.15) is 6.04 Å². The monoisotopic (exact) mass is 190 g/mol. The van der Waals surface area contributed by atoms with E-state index in [0.29, 0.717) is 5.69 Å². The Labute approximate surface area is 73.3 Å². The third kappa shape index (κ3) is 2.35. The largest absolute Gasteiger partial charge is 0.407 e. The maximum absolute atomic E-state index is 12.1. The molecule has 1 rings (SSSR count). The van der Waals surface area contributed by atoms with Gasteiger partial charge in [-0.1, -0.05) is 12.1 Å². The Hall–Kier alpha value is -1.23. The van der Waals surface area contributed by atoms with Crippen LogP contribution in [0.1, 0.15) is 11.6 Å². The molecule has 5 heteroatoms. The Morgan fingerprint density at radius 1 is 1.08 bits per heavy atom. The van der Waals surface area contributed by atoms with E-state index in [-0.39, 0.29) is 5.56 Å². The highest BCUT2D eigenvalue weighted by Crippen LogP contribution is 2.30. The van der Waals surface area contributed by atoms with E-state index in [9.17, 15) is 13.2 Å². The summed E-state index contributed by atoms with van der Waals surface area (Å²) >= 11 is 0. The first-order chi connectivity index (χ1) is 5.91. The Bertz CT molecular complexity index is 278. The van der Waals surface area contributed by atoms with Crippen molar-refractivity contribution in [2.75, 3.05) is 5.73 Å². The van der Waals surface area contributed by atoms with Crippen molar-refractivity contribution in [3.63, 3.8) is 0 Å². The summed E-state index contributed by atoms with van der Waals surface area (Å²) in [4.78, 5) is 0. The minimum atomic E-state index is -4.41. The summed E-state index contributed by atoms with van der Waals surface area (Å²) in [5.41, 5.74) is 10.7. The number of halogens is 3. The summed E-state index contributed by atoms with van der Waals surface area (Å²) in [7, 11) is 0. The highest BCUT2D eigenvalue weighted by atomic mass is 19.4. The average molecular weight is 190 g/mol. The summed E-state index contributed by atoms with van der Waals surface area (Å²) in [6.07, 6.45) is -4.41. The molecule has 0 aromatic heterocycles. The molecule has 1 aromatic rings. The van der Waals surface area contributed by atoms with Gasteiger partial charge < -0.3 is 11.5 Å². The van der Waals surface area contributed by atoms with E-state index in [2.05, 4.69) is 0 Å². The van der Waals surface area contributed by atoms with Gasteiger partial charge in [-0.25, -0.2) is 0 Å². The van der Waals surface area contributed by atoms with Gasteiger partial charge in [-0.2, -0.15) is 13.2 Å². The lowest BCUT2D eigenvalue weighted by Gasteiger charge is -2.15. The molecule has 0 amide bonds. The second kappa shape index (κ2) is 3.26. The predicted octanol–water partition coefficient (Wildman–Crippen LogP) is 1.83. The molecule has 0 saturated heterocycles. The van der Waals surface area contributed by atoms with Crippen molar-refractivity contribution >= 4 is 5.69 Å². The van der Waals surface area contributed by atoms with Crippen LogP contribution in [0.25, 0.3) is 0 Å². The summed E-state index contributed by atoms with van der Waals surface area (Å²) in [6.45, 7) is 0. The van der Waals surface area contributed by atoms with E-state index in [1.807, 2.05) is 0 Å². The first-order valence-electron chi connectivity index (χ1n) is 3.59. The number of rotatable bonds is 1. The van der Waals surface area contributed by atoms with Crippen molar-refractivity contribution in [3.05, 3.63) is 29.8 Å². The van der Waals surface area contributed by atoms with Gasteiger partial charge in [0.05, 0.1) is 0 Å². The predicted molar refractivity (Wildman–Crippen MR) is 43.8 cm³/mol. The van der Waals surface area contributed by atoms with Gasteiger partial charge in [0.15, 0.2) is 0 Å². The Morgan fingerprint density at radius 2 is 1.54 bits per heavy atom. The van der Waals surface area contributed by atoms with Crippen molar-refractivity contribution in [1.82, 2.24) is 0 Å². The van der Waals surface area contributed by atoms with Gasteiger partial charge in [-0.05, 0) is 17.7 Å². The molecule has 72 valence electrons. The van der Waals surface area contributed by atoms with Crippen LogP contribution in [0.15, 0.2) is 24.3 Å². The zero-order valence-corrected chi connectivity index (χ0v) is 6.68. The fourth-order valence-corrected chi connectivity index (χ4v) is 0.892. The lowest BCUT2D eigenvalue weighted by molar-refractivity contribution is -0.149. The Kier molecular flexibility index (Phi) is 2.47. The van der Waals surface area contributed by atoms with Gasteiger partial charge in [-0.3, -0.25) is 0 Å². The SMILES string of the molecule is Nc1ccc([C@H](N)C(F)(F)F)cc1. The number of benzene rings is 1. The number of anilines is 1. The smallest absolute Gasteiger partial charge is 0.399 e. The third-order valence-corrected chi connectivity index (χ3v) is 1.65. The average Bonchev–Trinajstić information content (AvgIpc) is 2.03. The zero-order valence-electron chi connectivity index (χ0n) is 6.68. The standard InChI is InChI=1S/C8H9F3N2/c9-8(10,11)7(13)5-1-3-6(12)4-2-5/h1-4,7H,12-13H2/t7-/m0/s1. The Morgan fingerprint density at radius 3 is 1.92 bits per heavy atom. The quantitative estimate of drug-likeness (QED) is 0.664. The molecule has 0 aliphatic carbocycles. The van der Waals surface area contributed by atoms with Gasteiger partial charge in [-0.15, -0.1) is 0 Å². The molecule has 0 radical (unpaired) electrons. The number of nitrogens with two attached hydrogens (primary N) is 2. The minimum Gasteiger partial charge on any atom is -0.399 e. The molecule has 2 nitrogen and oxygen atoms in total. The number of alkyl halides is 3. The van der Waals surface area contributed by atoms with Crippen molar-refractivity contribution in [2.45, 2.75) is 12.2 Å². The van der Waals surface area contributed by atoms with Crippen LogP contribution in [-0.4, -0.2) is 6.18 Å². The molecule has 4 N–H and O–H groups in total. The molecule has 0 heterocycles. The Balaban J connectivity index is 2.90. The van der Waals surface area contributed by atoms with Crippen LogP contribution in [-0.2, 0) is 0 Å². The molecule has 0 aliphatic rings. The molecule has 0 bridgehead atoms. The van der Waals surface area contributed by atoms with Crippen LogP contribution in [0.3, 0.4) is 0 Å². The van der Waals surface area contributed by atoms with Gasteiger partial charge in [0, 0.05) is 5.69 Å². The molecule has 13 heavy (non-hydrogen) atoms. The highest BCUT2D eigenvalue weighted by molar-refractivity contribution is 5.40. The maximum atomic E-state index is 12.1. The molecule has 1 atom stereocenters. The van der Waals surface area contributed by atoms with Crippen molar-refractivity contribution in [3.8, 4) is 0 Å². The van der Waals surface area contributed by atoms with Crippen LogP contribution >= 0.6 is 0 Å². The number of nitrogen functional groups attached to an aromatic ring is 1. The van der Waals surface area contributed by atoms with Crippen molar-refractivity contribution in [1.29, 1.82) is 0 Å².